The van der Waals surface area contributed by atoms with Crippen molar-refractivity contribution < 1.29 is 9.53 Å². The molecule has 3 heteroatoms. The van der Waals surface area contributed by atoms with Crippen LogP contribution in [0.5, 0.6) is 0 Å². The molecule has 118 valence electrons. The molecule has 0 fully saturated rings. The van der Waals surface area contributed by atoms with E-state index in [0.29, 0.717) is 18.1 Å². The molecule has 21 heavy (non-hydrogen) atoms. The fourth-order valence-electron chi connectivity index (χ4n) is 2.23. The predicted molar refractivity (Wildman–Crippen MR) is 87.4 cm³/mol. The van der Waals surface area contributed by atoms with Crippen molar-refractivity contribution in [1.29, 1.82) is 0 Å². The largest absolute Gasteiger partial charge is 0.462 e. The Morgan fingerprint density at radius 1 is 1.10 bits per heavy atom. The van der Waals surface area contributed by atoms with Crippen LogP contribution < -0.4 is 0 Å². The molecule has 0 unspecified atom stereocenters. The van der Waals surface area contributed by atoms with Crippen molar-refractivity contribution in [3.8, 4) is 0 Å². The summed E-state index contributed by atoms with van der Waals surface area (Å²) in [6, 6.07) is 7.80. The van der Waals surface area contributed by atoms with Gasteiger partial charge in [0.25, 0.3) is 0 Å². The molecule has 0 aliphatic heterocycles. The molecule has 0 heterocycles. The van der Waals surface area contributed by atoms with Crippen LogP contribution >= 0.6 is 0 Å². The van der Waals surface area contributed by atoms with Crippen molar-refractivity contribution in [2.75, 3.05) is 19.7 Å². The van der Waals surface area contributed by atoms with E-state index < -0.39 is 0 Å². The highest BCUT2D eigenvalue weighted by molar-refractivity contribution is 5.89. The Kier molecular flexibility index (Phi) is 8.06. The third-order valence-electron chi connectivity index (χ3n) is 3.22. The van der Waals surface area contributed by atoms with E-state index in [4.69, 9.17) is 4.74 Å². The molecule has 0 radical (unpaired) electrons. The van der Waals surface area contributed by atoms with Crippen molar-refractivity contribution in [2.45, 2.75) is 47.1 Å². The zero-order valence-corrected chi connectivity index (χ0v) is 13.9. The topological polar surface area (TPSA) is 29.5 Å². The number of hydrogen-bond donors (Lipinski definition) is 0. The van der Waals surface area contributed by atoms with Gasteiger partial charge < -0.3 is 4.74 Å². The lowest BCUT2D eigenvalue weighted by atomic mass is 10.1. The SMILES string of the molecule is CCCN(CCC)Cc1ccc(C(=O)OCC(C)C)cc1. The number of nitrogens with zero attached hydrogens (tertiary/aromatic N) is 1. The maximum Gasteiger partial charge on any atom is 0.338 e. The zero-order chi connectivity index (χ0) is 15.7. The molecular formula is C18H29NO2. The molecule has 0 atom stereocenters. The second kappa shape index (κ2) is 9.56. The van der Waals surface area contributed by atoms with Crippen LogP contribution in [0.3, 0.4) is 0 Å². The molecule has 0 aliphatic carbocycles. The van der Waals surface area contributed by atoms with Crippen LogP contribution in [0.1, 0.15) is 56.5 Å². The second-order valence-electron chi connectivity index (χ2n) is 5.97. The molecule has 0 amide bonds. The molecule has 0 aliphatic rings. The molecule has 0 N–H and O–H groups in total. The smallest absolute Gasteiger partial charge is 0.338 e. The van der Waals surface area contributed by atoms with Gasteiger partial charge in [0.2, 0.25) is 0 Å². The Hall–Kier alpha value is -1.35. The lowest BCUT2D eigenvalue weighted by molar-refractivity contribution is 0.0459. The molecule has 1 aromatic carbocycles. The lowest BCUT2D eigenvalue weighted by Gasteiger charge is -2.21. The van der Waals surface area contributed by atoms with Crippen LogP contribution in [0.4, 0.5) is 0 Å². The highest BCUT2D eigenvalue weighted by atomic mass is 16.5. The highest BCUT2D eigenvalue weighted by Crippen LogP contribution is 2.10. The van der Waals surface area contributed by atoms with E-state index >= 15 is 0 Å². The Balaban J connectivity index is 2.58. The minimum atomic E-state index is -0.228. The van der Waals surface area contributed by atoms with E-state index in [0.717, 1.165) is 19.6 Å². The number of benzene rings is 1. The van der Waals surface area contributed by atoms with Gasteiger partial charge in [-0.25, -0.2) is 4.79 Å². The maximum absolute atomic E-state index is 11.9. The minimum Gasteiger partial charge on any atom is -0.462 e. The molecular weight excluding hydrogens is 262 g/mol. The number of esters is 1. The van der Waals surface area contributed by atoms with Gasteiger partial charge in [-0.1, -0.05) is 39.8 Å². The van der Waals surface area contributed by atoms with Crippen LogP contribution in [0, 0.1) is 5.92 Å². The first-order chi connectivity index (χ1) is 10.1. The van der Waals surface area contributed by atoms with E-state index in [1.165, 1.54) is 18.4 Å². The first-order valence-corrected chi connectivity index (χ1v) is 8.05. The Morgan fingerprint density at radius 2 is 1.67 bits per heavy atom. The summed E-state index contributed by atoms with van der Waals surface area (Å²) in [5.41, 5.74) is 1.88. The molecule has 0 spiro atoms. The van der Waals surface area contributed by atoms with Gasteiger partial charge in [-0.2, -0.15) is 0 Å². The summed E-state index contributed by atoms with van der Waals surface area (Å²) in [6.07, 6.45) is 2.33. The molecule has 0 saturated heterocycles. The van der Waals surface area contributed by atoms with Gasteiger partial charge in [0.05, 0.1) is 12.2 Å². The third kappa shape index (κ3) is 6.76. The highest BCUT2D eigenvalue weighted by Gasteiger charge is 2.09. The number of rotatable bonds is 9. The third-order valence-corrected chi connectivity index (χ3v) is 3.22. The fourth-order valence-corrected chi connectivity index (χ4v) is 2.23. The first-order valence-electron chi connectivity index (χ1n) is 8.05. The zero-order valence-electron chi connectivity index (χ0n) is 13.9. The van der Waals surface area contributed by atoms with Gasteiger partial charge in [0.15, 0.2) is 0 Å². The predicted octanol–water partition coefficient (Wildman–Crippen LogP) is 4.12. The summed E-state index contributed by atoms with van der Waals surface area (Å²) in [5, 5.41) is 0. The molecule has 1 aromatic rings. The monoisotopic (exact) mass is 291 g/mol. The van der Waals surface area contributed by atoms with Gasteiger partial charge in [0.1, 0.15) is 0 Å². The molecule has 1 rings (SSSR count). The van der Waals surface area contributed by atoms with Crippen LogP contribution in [0.25, 0.3) is 0 Å². The average molecular weight is 291 g/mol. The first kappa shape index (κ1) is 17.7. The normalized spacial score (nSPS) is 11.1. The summed E-state index contributed by atoms with van der Waals surface area (Å²) in [5.74, 6) is 0.138. The van der Waals surface area contributed by atoms with Crippen molar-refractivity contribution in [3.05, 3.63) is 35.4 Å². The summed E-state index contributed by atoms with van der Waals surface area (Å²) in [4.78, 5) is 14.3. The van der Waals surface area contributed by atoms with Crippen LogP contribution in [-0.4, -0.2) is 30.6 Å². The minimum absolute atomic E-state index is 0.228. The maximum atomic E-state index is 11.9. The molecule has 0 aromatic heterocycles. The summed E-state index contributed by atoms with van der Waals surface area (Å²) < 4.78 is 5.24. The van der Waals surface area contributed by atoms with Gasteiger partial charge in [-0.15, -0.1) is 0 Å². The molecule has 0 bridgehead atoms. The number of ether oxygens (including phenoxy) is 1. The summed E-state index contributed by atoms with van der Waals surface area (Å²) >= 11 is 0. The van der Waals surface area contributed by atoms with Crippen molar-refractivity contribution in [1.82, 2.24) is 4.90 Å². The molecule has 0 saturated carbocycles. The van der Waals surface area contributed by atoms with E-state index in [1.807, 2.05) is 38.1 Å². The Labute approximate surface area is 129 Å². The van der Waals surface area contributed by atoms with Crippen LogP contribution in [0.15, 0.2) is 24.3 Å². The van der Waals surface area contributed by atoms with Gasteiger partial charge >= 0.3 is 5.97 Å². The van der Waals surface area contributed by atoms with Crippen LogP contribution in [-0.2, 0) is 11.3 Å². The van der Waals surface area contributed by atoms with E-state index in [1.54, 1.807) is 0 Å². The van der Waals surface area contributed by atoms with Gasteiger partial charge in [-0.05, 0) is 49.5 Å². The van der Waals surface area contributed by atoms with Crippen LogP contribution in [0.2, 0.25) is 0 Å². The van der Waals surface area contributed by atoms with E-state index in [2.05, 4.69) is 18.7 Å². The van der Waals surface area contributed by atoms with Crippen molar-refractivity contribution >= 4 is 5.97 Å². The number of carbonyl (C=O) groups is 1. The second-order valence-corrected chi connectivity index (χ2v) is 5.97. The van der Waals surface area contributed by atoms with Gasteiger partial charge in [0, 0.05) is 6.54 Å². The fraction of sp³-hybridized carbons (Fsp3) is 0.611. The number of carbonyl (C=O) groups excluding carboxylic acids is 1. The summed E-state index contributed by atoms with van der Waals surface area (Å²) in [7, 11) is 0. The standard InChI is InChI=1S/C18H29NO2/c1-5-11-19(12-6-2)13-16-7-9-17(10-8-16)18(20)21-14-15(3)4/h7-10,15H,5-6,11-14H2,1-4H3. The van der Waals surface area contributed by atoms with E-state index in [9.17, 15) is 4.79 Å². The van der Waals surface area contributed by atoms with E-state index in [-0.39, 0.29) is 5.97 Å². The quantitative estimate of drug-likeness (QED) is 0.641. The lowest BCUT2D eigenvalue weighted by Crippen LogP contribution is -2.24. The van der Waals surface area contributed by atoms with Gasteiger partial charge in [-0.3, -0.25) is 4.90 Å². The number of hydrogen-bond acceptors (Lipinski definition) is 3. The van der Waals surface area contributed by atoms with Crippen molar-refractivity contribution in [3.63, 3.8) is 0 Å². The summed E-state index contributed by atoms with van der Waals surface area (Å²) in [6.45, 7) is 12.1. The molecule has 3 nitrogen and oxygen atoms in total. The Bertz CT molecular complexity index is 406. The Morgan fingerprint density at radius 3 is 2.14 bits per heavy atom. The van der Waals surface area contributed by atoms with Crippen molar-refractivity contribution in [2.24, 2.45) is 5.92 Å². The average Bonchev–Trinajstić information content (AvgIpc) is 2.46.